The molecule has 6 heteroatoms. The summed E-state index contributed by atoms with van der Waals surface area (Å²) in [5.74, 6) is -0.764. The number of halogens is 1. The first kappa shape index (κ1) is 12.7. The molecule has 0 aliphatic carbocycles. The molecule has 18 heavy (non-hydrogen) atoms. The Labute approximate surface area is 105 Å². The average Bonchev–Trinajstić information content (AvgIpc) is 2.38. The SMILES string of the molecule is O=S(=O)(NCc1ccncc1)c1ccccc1F. The van der Waals surface area contributed by atoms with E-state index in [1.165, 1.54) is 18.2 Å². The Morgan fingerprint density at radius 1 is 1.11 bits per heavy atom. The first-order chi connectivity index (χ1) is 8.59. The second kappa shape index (κ2) is 5.24. The third-order valence-corrected chi connectivity index (χ3v) is 3.78. The lowest BCUT2D eigenvalue weighted by Crippen LogP contribution is -2.24. The van der Waals surface area contributed by atoms with Crippen LogP contribution in [0.4, 0.5) is 4.39 Å². The van der Waals surface area contributed by atoms with Crippen molar-refractivity contribution in [2.24, 2.45) is 0 Å². The molecule has 1 N–H and O–H groups in total. The number of rotatable bonds is 4. The van der Waals surface area contributed by atoms with Crippen LogP contribution in [0.1, 0.15) is 5.56 Å². The van der Waals surface area contributed by atoms with Gasteiger partial charge in [-0.05, 0) is 29.8 Å². The van der Waals surface area contributed by atoms with Gasteiger partial charge in [0.1, 0.15) is 10.7 Å². The molecule has 0 bridgehead atoms. The molecular formula is C12H11FN2O2S. The number of hydrogen-bond acceptors (Lipinski definition) is 3. The van der Waals surface area contributed by atoms with Crippen LogP contribution in [0.2, 0.25) is 0 Å². The number of nitrogens with one attached hydrogen (secondary N) is 1. The minimum atomic E-state index is -3.83. The topological polar surface area (TPSA) is 59.1 Å². The van der Waals surface area contributed by atoms with E-state index in [1.807, 2.05) is 0 Å². The van der Waals surface area contributed by atoms with Gasteiger partial charge >= 0.3 is 0 Å². The summed E-state index contributed by atoms with van der Waals surface area (Å²) in [5, 5.41) is 0. The van der Waals surface area contributed by atoms with Gasteiger partial charge in [-0.2, -0.15) is 0 Å². The molecule has 0 spiro atoms. The highest BCUT2D eigenvalue weighted by molar-refractivity contribution is 7.89. The van der Waals surface area contributed by atoms with Crippen LogP contribution in [0, 0.1) is 5.82 Å². The zero-order valence-electron chi connectivity index (χ0n) is 9.38. The van der Waals surface area contributed by atoms with E-state index >= 15 is 0 Å². The van der Waals surface area contributed by atoms with Crippen LogP contribution in [-0.4, -0.2) is 13.4 Å². The maximum atomic E-state index is 13.4. The predicted molar refractivity (Wildman–Crippen MR) is 64.7 cm³/mol. The summed E-state index contributed by atoms with van der Waals surface area (Å²) in [7, 11) is -3.83. The highest BCUT2D eigenvalue weighted by atomic mass is 32.2. The minimum Gasteiger partial charge on any atom is -0.265 e. The monoisotopic (exact) mass is 266 g/mol. The first-order valence-electron chi connectivity index (χ1n) is 5.23. The summed E-state index contributed by atoms with van der Waals surface area (Å²) in [6.45, 7) is 0.0964. The Morgan fingerprint density at radius 3 is 2.44 bits per heavy atom. The van der Waals surface area contributed by atoms with Gasteiger partial charge in [0, 0.05) is 18.9 Å². The minimum absolute atomic E-state index is 0.0964. The van der Waals surface area contributed by atoms with Crippen LogP contribution in [0.15, 0.2) is 53.7 Å². The van der Waals surface area contributed by atoms with Crippen molar-refractivity contribution in [3.05, 3.63) is 60.2 Å². The largest absolute Gasteiger partial charge is 0.265 e. The van der Waals surface area contributed by atoms with Crippen molar-refractivity contribution >= 4 is 10.0 Å². The van der Waals surface area contributed by atoms with Crippen molar-refractivity contribution in [3.63, 3.8) is 0 Å². The van der Waals surface area contributed by atoms with E-state index in [4.69, 9.17) is 0 Å². The normalized spacial score (nSPS) is 11.4. The summed E-state index contributed by atoms with van der Waals surface area (Å²) in [5.41, 5.74) is 0.755. The smallest absolute Gasteiger partial charge is 0.243 e. The van der Waals surface area contributed by atoms with Crippen molar-refractivity contribution in [1.29, 1.82) is 0 Å². The van der Waals surface area contributed by atoms with Crippen LogP contribution < -0.4 is 4.72 Å². The third kappa shape index (κ3) is 2.91. The van der Waals surface area contributed by atoms with E-state index in [-0.39, 0.29) is 11.4 Å². The molecule has 0 fully saturated rings. The highest BCUT2D eigenvalue weighted by Gasteiger charge is 2.17. The first-order valence-corrected chi connectivity index (χ1v) is 6.71. The van der Waals surface area contributed by atoms with Crippen molar-refractivity contribution < 1.29 is 12.8 Å². The molecular weight excluding hydrogens is 255 g/mol. The number of nitrogens with zero attached hydrogens (tertiary/aromatic N) is 1. The van der Waals surface area contributed by atoms with E-state index in [9.17, 15) is 12.8 Å². The van der Waals surface area contributed by atoms with Gasteiger partial charge in [-0.3, -0.25) is 4.98 Å². The zero-order chi connectivity index (χ0) is 13.0. The summed E-state index contributed by atoms with van der Waals surface area (Å²) in [4.78, 5) is 3.48. The summed E-state index contributed by atoms with van der Waals surface area (Å²) >= 11 is 0. The second-order valence-electron chi connectivity index (χ2n) is 3.61. The third-order valence-electron chi connectivity index (χ3n) is 2.34. The molecule has 0 saturated heterocycles. The van der Waals surface area contributed by atoms with E-state index in [0.717, 1.165) is 11.6 Å². The molecule has 1 heterocycles. The molecule has 0 amide bonds. The van der Waals surface area contributed by atoms with Crippen LogP contribution in [0.25, 0.3) is 0 Å². The molecule has 0 aliphatic heterocycles. The van der Waals surface area contributed by atoms with Crippen LogP contribution in [0.5, 0.6) is 0 Å². The number of sulfonamides is 1. The Hall–Kier alpha value is -1.79. The van der Waals surface area contributed by atoms with Crippen molar-refractivity contribution in [3.8, 4) is 0 Å². The molecule has 94 valence electrons. The lowest BCUT2D eigenvalue weighted by molar-refractivity contribution is 0.557. The molecule has 2 aromatic rings. The van der Waals surface area contributed by atoms with E-state index in [0.29, 0.717) is 0 Å². The molecule has 0 radical (unpaired) electrons. The summed E-state index contributed by atoms with van der Waals surface area (Å²) in [6, 6.07) is 8.63. The van der Waals surface area contributed by atoms with Gasteiger partial charge in [-0.25, -0.2) is 17.5 Å². The molecule has 1 aromatic carbocycles. The van der Waals surface area contributed by atoms with Gasteiger partial charge in [0.25, 0.3) is 0 Å². The standard InChI is InChI=1S/C12H11FN2O2S/c13-11-3-1-2-4-12(11)18(16,17)15-9-10-5-7-14-8-6-10/h1-8,15H,9H2. The zero-order valence-corrected chi connectivity index (χ0v) is 10.2. The maximum absolute atomic E-state index is 13.4. The van der Waals surface area contributed by atoms with Crippen molar-refractivity contribution in [1.82, 2.24) is 9.71 Å². The molecule has 0 unspecified atom stereocenters. The average molecular weight is 266 g/mol. The molecule has 4 nitrogen and oxygen atoms in total. The van der Waals surface area contributed by atoms with Crippen molar-refractivity contribution in [2.75, 3.05) is 0 Å². The fourth-order valence-corrected chi connectivity index (χ4v) is 2.51. The molecule has 0 saturated carbocycles. The molecule has 0 aliphatic rings. The number of hydrogen-bond donors (Lipinski definition) is 1. The number of benzene rings is 1. The fraction of sp³-hybridized carbons (Fsp3) is 0.0833. The fourth-order valence-electron chi connectivity index (χ4n) is 1.42. The lowest BCUT2D eigenvalue weighted by Gasteiger charge is -2.07. The molecule has 1 aromatic heterocycles. The van der Waals surface area contributed by atoms with Crippen LogP contribution >= 0.6 is 0 Å². The summed E-state index contributed by atoms with van der Waals surface area (Å²) < 4.78 is 39.4. The van der Waals surface area contributed by atoms with Gasteiger partial charge in [0.15, 0.2) is 0 Å². The van der Waals surface area contributed by atoms with Gasteiger partial charge < -0.3 is 0 Å². The van der Waals surface area contributed by atoms with Gasteiger partial charge in [0.05, 0.1) is 0 Å². The Morgan fingerprint density at radius 2 is 1.78 bits per heavy atom. The quantitative estimate of drug-likeness (QED) is 0.916. The highest BCUT2D eigenvalue weighted by Crippen LogP contribution is 2.13. The van der Waals surface area contributed by atoms with Gasteiger partial charge in [-0.1, -0.05) is 12.1 Å². The maximum Gasteiger partial charge on any atom is 0.243 e. The number of aromatic nitrogens is 1. The Balaban J connectivity index is 2.16. The van der Waals surface area contributed by atoms with E-state index in [1.54, 1.807) is 24.5 Å². The predicted octanol–water partition coefficient (Wildman–Crippen LogP) is 1.70. The Kier molecular flexibility index (Phi) is 3.69. The van der Waals surface area contributed by atoms with Crippen molar-refractivity contribution in [2.45, 2.75) is 11.4 Å². The second-order valence-corrected chi connectivity index (χ2v) is 5.35. The van der Waals surface area contributed by atoms with Gasteiger partial charge in [-0.15, -0.1) is 0 Å². The lowest BCUT2D eigenvalue weighted by atomic mass is 10.3. The Bertz CT molecular complexity index is 630. The molecule has 2 rings (SSSR count). The van der Waals surface area contributed by atoms with Crippen LogP contribution in [0.3, 0.4) is 0 Å². The van der Waals surface area contributed by atoms with Gasteiger partial charge in [0.2, 0.25) is 10.0 Å². The van der Waals surface area contributed by atoms with E-state index < -0.39 is 15.8 Å². The summed E-state index contributed by atoms with van der Waals surface area (Å²) in [6.07, 6.45) is 3.12. The number of pyridine rings is 1. The molecule has 0 atom stereocenters. The van der Waals surface area contributed by atoms with Crippen LogP contribution in [-0.2, 0) is 16.6 Å². The van der Waals surface area contributed by atoms with E-state index in [2.05, 4.69) is 9.71 Å².